The number of hydrogen-bond acceptors (Lipinski definition) is 7. The maximum atomic E-state index is 14.0. The van der Waals surface area contributed by atoms with Crippen LogP contribution in [0, 0.1) is 29.4 Å². The summed E-state index contributed by atoms with van der Waals surface area (Å²) in [7, 11) is 2.86. The molecular weight excluding hydrogens is 507 g/mol. The molecule has 0 radical (unpaired) electrons. The zero-order valence-corrected chi connectivity index (χ0v) is 20.5. The van der Waals surface area contributed by atoms with Gasteiger partial charge in [0.1, 0.15) is 5.92 Å². The first-order valence-electron chi connectivity index (χ1n) is 11.0. The number of ether oxygens (including phenoxy) is 1. The molecule has 4 rings (SSSR count). The van der Waals surface area contributed by atoms with Crippen molar-refractivity contribution >= 4 is 45.5 Å². The van der Waals surface area contributed by atoms with Gasteiger partial charge in [0.2, 0.25) is 5.13 Å². The van der Waals surface area contributed by atoms with Gasteiger partial charge < -0.3 is 10.1 Å². The lowest BCUT2D eigenvalue weighted by Crippen LogP contribution is -2.27. The Hall–Kier alpha value is -4.25. The van der Waals surface area contributed by atoms with Crippen molar-refractivity contribution in [3.05, 3.63) is 45.9 Å². The van der Waals surface area contributed by atoms with E-state index in [2.05, 4.69) is 54.4 Å². The first kappa shape index (κ1) is 25.8. The number of amides is 1. The summed E-state index contributed by atoms with van der Waals surface area (Å²) in [6, 6.07) is 1.33. The number of anilines is 1. The molecule has 0 bridgehead atoms. The molecule has 1 fully saturated rings. The number of aromatic nitrogens is 3. The highest BCUT2D eigenvalue weighted by atomic mass is 32.1. The van der Waals surface area contributed by atoms with E-state index in [9.17, 15) is 18.0 Å². The zero-order valence-electron chi connectivity index (χ0n) is 19.7. The molecule has 2 aliphatic rings. The second-order valence-electron chi connectivity index (χ2n) is 7.99. The fourth-order valence-corrected chi connectivity index (χ4v) is 3.89. The lowest BCUT2D eigenvalue weighted by molar-refractivity contribution is -0.309. The van der Waals surface area contributed by atoms with Gasteiger partial charge in [0.25, 0.3) is 11.7 Å². The third kappa shape index (κ3) is 6.12. The largest absolute Gasteiger partial charge is 0.484 e. The molecule has 0 aromatic carbocycles. The molecule has 1 aliphatic heterocycles. The molecule has 13 heteroatoms. The standard InChI is InChI=1S/C24H19F3N7O2S/c1-29-9-16(22(27)28)17-7-13(14-8-18(21(25)26)31-11-19(14)36-2)15(10-30-17)23(35)32-24-34-33-20(37-24)6-5-12-3-4-12/h7-8,12,16,21,28-29H,3-4,9H2,1-2H3/q+1/p+1. The van der Waals surface area contributed by atoms with E-state index < -0.39 is 29.9 Å². The summed E-state index contributed by atoms with van der Waals surface area (Å²) in [5.74, 6) is 5.72. The second-order valence-corrected chi connectivity index (χ2v) is 8.97. The molecule has 1 aliphatic carbocycles. The highest BCUT2D eigenvalue weighted by Crippen LogP contribution is 2.29. The van der Waals surface area contributed by atoms with Crippen molar-refractivity contribution in [1.82, 2.24) is 20.2 Å². The number of alkyl halides is 2. The fourth-order valence-electron chi connectivity index (χ4n) is 3.29. The number of carbonyl (C=O) groups is 1. The van der Waals surface area contributed by atoms with E-state index in [0.29, 0.717) is 10.9 Å². The fraction of sp³-hybridized carbons (Fsp3) is 0.333. The molecule has 9 nitrogen and oxygen atoms in total. The van der Waals surface area contributed by atoms with E-state index in [1.54, 1.807) is 7.05 Å². The van der Waals surface area contributed by atoms with Gasteiger partial charge in [0.15, 0.2) is 16.5 Å². The number of allylic oxidation sites excluding steroid dienone is 2. The smallest absolute Gasteiger partial charge is 0.383 e. The summed E-state index contributed by atoms with van der Waals surface area (Å²) in [5.41, 5.74) is -0.607. The third-order valence-electron chi connectivity index (χ3n) is 5.30. The van der Waals surface area contributed by atoms with E-state index in [4.69, 9.17) is 10.1 Å². The highest BCUT2D eigenvalue weighted by Gasteiger charge is 2.34. The minimum Gasteiger partial charge on any atom is -0.484 e. The van der Waals surface area contributed by atoms with Crippen molar-refractivity contribution in [3.8, 4) is 11.8 Å². The minimum absolute atomic E-state index is 0.0263. The number of nitrogens with one attached hydrogen (secondary N) is 3. The Balaban J connectivity index is 1.74. The Bertz CT molecular complexity index is 1440. The molecule has 0 spiro atoms. The van der Waals surface area contributed by atoms with Gasteiger partial charge in [-0.2, -0.15) is 13.2 Å². The van der Waals surface area contributed by atoms with Crippen molar-refractivity contribution in [3.63, 3.8) is 0 Å². The Morgan fingerprint density at radius 2 is 2.19 bits per heavy atom. The molecule has 37 heavy (non-hydrogen) atoms. The van der Waals surface area contributed by atoms with Crippen molar-refractivity contribution in [2.75, 3.05) is 26.0 Å². The number of nitrogens with zero attached hydrogens (tertiary/aromatic N) is 4. The summed E-state index contributed by atoms with van der Waals surface area (Å²) >= 11 is 1.07. The maximum absolute atomic E-state index is 14.0. The van der Waals surface area contributed by atoms with Gasteiger partial charge in [-0.25, -0.2) is 0 Å². The number of halogens is 3. The number of methoxy groups -OCH3 is 1. The van der Waals surface area contributed by atoms with Crippen molar-refractivity contribution in [2.24, 2.45) is 5.92 Å². The quantitative estimate of drug-likeness (QED) is 0.258. The van der Waals surface area contributed by atoms with Gasteiger partial charge in [-0.05, 0) is 35.5 Å². The lowest BCUT2D eigenvalue weighted by atomic mass is 9.94. The third-order valence-corrected chi connectivity index (χ3v) is 6.06. The van der Waals surface area contributed by atoms with Crippen LogP contribution in [0.5, 0.6) is 0 Å². The van der Waals surface area contributed by atoms with Crippen LogP contribution in [-0.2, 0) is 4.74 Å². The molecule has 1 atom stereocenters. The number of hydrogen-bond donors (Lipinski definition) is 3. The summed E-state index contributed by atoms with van der Waals surface area (Å²) in [6.07, 6.45) is 2.81. The summed E-state index contributed by atoms with van der Waals surface area (Å²) in [4.78, 5) is 17.3. The van der Waals surface area contributed by atoms with Gasteiger partial charge in [-0.1, -0.05) is 17.3 Å². The number of rotatable bonds is 9. The van der Waals surface area contributed by atoms with Gasteiger partial charge in [-0.3, -0.25) is 15.5 Å². The number of carbonyl (C=O) groups excluding carboxylic acids is 1. The van der Waals surface area contributed by atoms with Gasteiger partial charge in [-0.15, -0.1) is 10.2 Å². The molecule has 1 amide bonds. The van der Waals surface area contributed by atoms with Crippen LogP contribution in [0.25, 0.3) is 5.57 Å². The van der Waals surface area contributed by atoms with Crippen molar-refractivity contribution in [2.45, 2.75) is 25.2 Å². The first-order valence-corrected chi connectivity index (χ1v) is 11.8. The molecule has 3 N–H and O–H groups in total. The van der Waals surface area contributed by atoms with Crippen LogP contribution >= 0.6 is 11.3 Å². The Labute approximate surface area is 213 Å². The van der Waals surface area contributed by atoms with Gasteiger partial charge in [0.05, 0.1) is 7.11 Å². The molecule has 188 valence electrons. The number of likely N-dealkylation sites (N-methyl/N-ethyl adjacent to an activating group) is 1. The Morgan fingerprint density at radius 3 is 2.84 bits per heavy atom. The predicted octanol–water partition coefficient (Wildman–Crippen LogP) is 1.57. The lowest BCUT2D eigenvalue weighted by Gasteiger charge is -2.10. The highest BCUT2D eigenvalue weighted by molar-refractivity contribution is 7.15. The molecule has 1 saturated carbocycles. The van der Waals surface area contributed by atoms with Crippen LogP contribution in [0.4, 0.5) is 18.3 Å². The van der Waals surface area contributed by atoms with Gasteiger partial charge >= 0.3 is 29.9 Å². The average molecular weight is 528 g/mol. The van der Waals surface area contributed by atoms with Crippen molar-refractivity contribution in [1.29, 1.82) is 5.41 Å². The summed E-state index contributed by atoms with van der Waals surface area (Å²) in [6.45, 7) is 0.0263. The van der Waals surface area contributed by atoms with Crippen LogP contribution in [-0.4, -0.2) is 60.8 Å². The molecule has 3 heterocycles. The monoisotopic (exact) mass is 527 g/mol. The maximum Gasteiger partial charge on any atom is 0.383 e. The van der Waals surface area contributed by atoms with E-state index >= 15 is 0 Å². The molecule has 2 aromatic rings. The van der Waals surface area contributed by atoms with Gasteiger partial charge in [0, 0.05) is 35.7 Å². The Morgan fingerprint density at radius 1 is 1.41 bits per heavy atom. The average Bonchev–Trinajstić information content (AvgIpc) is 3.62. The Kier molecular flexibility index (Phi) is 7.83. The topological polar surface area (TPSA) is 128 Å². The molecule has 1 unspecified atom stereocenters. The van der Waals surface area contributed by atoms with E-state index in [-0.39, 0.29) is 39.8 Å². The molecule has 0 saturated heterocycles. The van der Waals surface area contributed by atoms with Crippen LogP contribution in [0.1, 0.15) is 45.4 Å². The van der Waals surface area contributed by atoms with Crippen molar-refractivity contribution < 1.29 is 27.7 Å². The van der Waals surface area contributed by atoms with Crippen LogP contribution < -0.4 is 20.3 Å². The molecule has 2 aromatic heterocycles. The van der Waals surface area contributed by atoms with E-state index in [1.165, 1.54) is 13.2 Å². The first-order chi connectivity index (χ1) is 17.8. The predicted molar refractivity (Wildman–Crippen MR) is 130 cm³/mol. The zero-order chi connectivity index (χ0) is 26.5. The molecular formula is C24H20F3N7O2S+2. The second kappa shape index (κ2) is 11.2. The summed E-state index contributed by atoms with van der Waals surface area (Å²) in [5, 5.41) is 21.3. The van der Waals surface area contributed by atoms with E-state index in [0.717, 1.165) is 30.3 Å². The summed E-state index contributed by atoms with van der Waals surface area (Å²) < 4.78 is 49.7. The van der Waals surface area contributed by atoms with Crippen LogP contribution in [0.15, 0.2) is 17.9 Å². The van der Waals surface area contributed by atoms with E-state index in [1.807, 2.05) is 0 Å². The SMILES string of the molecule is CNCC(C(=N)F)c1cc(C2=CC(C(F)F)=[N+]=C=C2OC)c(C(=O)Nc2nnc(C#CC3CC3)s2)c#[n+]1. The van der Waals surface area contributed by atoms with Crippen LogP contribution in [0.3, 0.4) is 0 Å². The van der Waals surface area contributed by atoms with Crippen LogP contribution in [0.2, 0.25) is 0 Å². The normalized spacial score (nSPS) is 15.0. The minimum atomic E-state index is -2.92.